The van der Waals surface area contributed by atoms with E-state index in [-0.39, 0.29) is 10.9 Å². The Bertz CT molecular complexity index is 120. The van der Waals surface area contributed by atoms with E-state index in [0.717, 1.165) is 0 Å². The zero-order valence-corrected chi connectivity index (χ0v) is 6.46. The zero-order chi connectivity index (χ0) is 7.28. The fourth-order valence-corrected chi connectivity index (χ4v) is 0.686. The number of Topliss-reactive ketones (excluding diaryl/α,β-unsaturated/α-hetero) is 1. The van der Waals surface area contributed by atoms with Crippen molar-refractivity contribution in [1.29, 1.82) is 0 Å². The SMILES string of the molecule is CSC(=O)CCC(C)=O. The molecule has 0 N–H and O–H groups in total. The largest absolute Gasteiger partial charge is 0.300 e. The lowest BCUT2D eigenvalue weighted by molar-refractivity contribution is -0.119. The smallest absolute Gasteiger partial charge is 0.189 e. The van der Waals surface area contributed by atoms with Crippen molar-refractivity contribution in [1.82, 2.24) is 0 Å². The molecule has 0 aromatic carbocycles. The first kappa shape index (κ1) is 8.69. The predicted octanol–water partition coefficient (Wildman–Crippen LogP) is 1.25. The summed E-state index contributed by atoms with van der Waals surface area (Å²) in [5.41, 5.74) is 0. The van der Waals surface area contributed by atoms with Crippen LogP contribution in [0.15, 0.2) is 0 Å². The number of ketones is 1. The summed E-state index contributed by atoms with van der Waals surface area (Å²) in [5, 5.41) is 0.0881. The fourth-order valence-electron chi connectivity index (χ4n) is 0.380. The Hall–Kier alpha value is -0.310. The minimum absolute atomic E-state index is 0.0809. The average molecular weight is 146 g/mol. The van der Waals surface area contributed by atoms with Gasteiger partial charge in [0.15, 0.2) is 5.12 Å². The van der Waals surface area contributed by atoms with Crippen molar-refractivity contribution < 1.29 is 9.59 Å². The van der Waals surface area contributed by atoms with Gasteiger partial charge >= 0.3 is 0 Å². The Labute approximate surface area is 59.0 Å². The lowest BCUT2D eigenvalue weighted by Gasteiger charge is -1.90. The van der Waals surface area contributed by atoms with Crippen LogP contribution in [-0.4, -0.2) is 17.2 Å². The molecule has 0 saturated heterocycles. The zero-order valence-electron chi connectivity index (χ0n) is 5.64. The van der Waals surface area contributed by atoms with Gasteiger partial charge in [0, 0.05) is 12.8 Å². The van der Waals surface area contributed by atoms with E-state index < -0.39 is 0 Å². The van der Waals surface area contributed by atoms with Crippen LogP contribution in [0, 0.1) is 0 Å². The summed E-state index contributed by atoms with van der Waals surface area (Å²) in [5.74, 6) is 0.0809. The molecule has 0 bridgehead atoms. The Balaban J connectivity index is 3.28. The quantitative estimate of drug-likeness (QED) is 0.601. The predicted molar refractivity (Wildman–Crippen MR) is 38.4 cm³/mol. The van der Waals surface area contributed by atoms with Gasteiger partial charge in [-0.15, -0.1) is 0 Å². The van der Waals surface area contributed by atoms with Gasteiger partial charge in [-0.1, -0.05) is 11.8 Å². The molecule has 0 aliphatic carbocycles. The molecule has 0 heterocycles. The minimum Gasteiger partial charge on any atom is -0.300 e. The first-order valence-electron chi connectivity index (χ1n) is 2.73. The maximum atomic E-state index is 10.5. The van der Waals surface area contributed by atoms with Crippen LogP contribution >= 0.6 is 11.8 Å². The summed E-state index contributed by atoms with van der Waals surface area (Å²) < 4.78 is 0. The van der Waals surface area contributed by atoms with E-state index in [1.807, 2.05) is 0 Å². The summed E-state index contributed by atoms with van der Waals surface area (Å²) in [6.45, 7) is 1.49. The molecule has 2 nitrogen and oxygen atoms in total. The molecule has 9 heavy (non-hydrogen) atoms. The van der Waals surface area contributed by atoms with Crippen LogP contribution in [0.5, 0.6) is 0 Å². The molecule has 0 fully saturated rings. The van der Waals surface area contributed by atoms with Gasteiger partial charge in [-0.05, 0) is 13.2 Å². The Morgan fingerprint density at radius 1 is 1.33 bits per heavy atom. The van der Waals surface area contributed by atoms with Gasteiger partial charge in [0.1, 0.15) is 5.78 Å². The number of carbonyl (C=O) groups excluding carboxylic acids is 2. The lowest BCUT2D eigenvalue weighted by Crippen LogP contribution is -1.95. The normalized spacial score (nSPS) is 9.11. The van der Waals surface area contributed by atoms with Gasteiger partial charge < -0.3 is 4.79 Å². The van der Waals surface area contributed by atoms with Crippen molar-refractivity contribution in [3.63, 3.8) is 0 Å². The molecule has 0 atom stereocenters. The number of hydrogen-bond donors (Lipinski definition) is 0. The second-order valence-corrected chi connectivity index (χ2v) is 2.64. The molecule has 0 saturated carbocycles. The first-order valence-corrected chi connectivity index (χ1v) is 3.95. The van der Waals surface area contributed by atoms with Crippen molar-refractivity contribution >= 4 is 22.7 Å². The molecular formula is C6H10O2S. The van der Waals surface area contributed by atoms with Crippen molar-refractivity contribution in [3.05, 3.63) is 0 Å². The van der Waals surface area contributed by atoms with E-state index in [4.69, 9.17) is 0 Å². The Kier molecular flexibility index (Phi) is 4.40. The molecule has 0 amide bonds. The van der Waals surface area contributed by atoms with Gasteiger partial charge in [-0.3, -0.25) is 4.79 Å². The van der Waals surface area contributed by atoms with Crippen LogP contribution in [-0.2, 0) is 9.59 Å². The molecule has 0 spiro atoms. The molecule has 0 unspecified atom stereocenters. The minimum atomic E-state index is 0.0809. The lowest BCUT2D eigenvalue weighted by atomic mass is 10.2. The fraction of sp³-hybridized carbons (Fsp3) is 0.667. The van der Waals surface area contributed by atoms with Crippen LogP contribution in [0.3, 0.4) is 0 Å². The summed E-state index contributed by atoms with van der Waals surface area (Å²) in [6, 6.07) is 0. The van der Waals surface area contributed by atoms with Gasteiger partial charge in [-0.2, -0.15) is 0 Å². The topological polar surface area (TPSA) is 34.1 Å². The molecule has 0 aromatic rings. The molecular weight excluding hydrogens is 136 g/mol. The van der Waals surface area contributed by atoms with Gasteiger partial charge in [0.05, 0.1) is 0 Å². The number of carbonyl (C=O) groups is 2. The average Bonchev–Trinajstić information content (AvgIpc) is 1.83. The van der Waals surface area contributed by atoms with Gasteiger partial charge in [-0.25, -0.2) is 0 Å². The third-order valence-electron chi connectivity index (χ3n) is 0.909. The van der Waals surface area contributed by atoms with E-state index in [1.54, 1.807) is 6.26 Å². The van der Waals surface area contributed by atoms with Gasteiger partial charge in [0.2, 0.25) is 0 Å². The van der Waals surface area contributed by atoms with E-state index >= 15 is 0 Å². The maximum absolute atomic E-state index is 10.5. The highest BCUT2D eigenvalue weighted by Gasteiger charge is 1.99. The molecule has 52 valence electrons. The highest BCUT2D eigenvalue weighted by atomic mass is 32.2. The molecule has 0 aromatic heterocycles. The highest BCUT2D eigenvalue weighted by molar-refractivity contribution is 8.13. The van der Waals surface area contributed by atoms with E-state index in [9.17, 15) is 9.59 Å². The van der Waals surface area contributed by atoms with Crippen LogP contribution in [0.1, 0.15) is 19.8 Å². The molecule has 0 aliphatic rings. The van der Waals surface area contributed by atoms with E-state index in [1.165, 1.54) is 18.7 Å². The van der Waals surface area contributed by atoms with Crippen LogP contribution in [0.25, 0.3) is 0 Å². The Morgan fingerprint density at radius 2 is 1.89 bits per heavy atom. The Morgan fingerprint density at radius 3 is 2.22 bits per heavy atom. The molecule has 0 aliphatic heterocycles. The summed E-state index contributed by atoms with van der Waals surface area (Å²) in [6.07, 6.45) is 2.50. The van der Waals surface area contributed by atoms with Crippen LogP contribution in [0.2, 0.25) is 0 Å². The molecule has 0 rings (SSSR count). The van der Waals surface area contributed by atoms with Crippen LogP contribution in [0.4, 0.5) is 0 Å². The van der Waals surface area contributed by atoms with Gasteiger partial charge in [0.25, 0.3) is 0 Å². The van der Waals surface area contributed by atoms with Crippen LogP contribution < -0.4 is 0 Å². The first-order chi connectivity index (χ1) is 4.16. The van der Waals surface area contributed by atoms with E-state index in [0.29, 0.717) is 12.8 Å². The third kappa shape index (κ3) is 5.56. The second-order valence-electron chi connectivity index (χ2n) is 1.78. The standard InChI is InChI=1S/C6H10O2S/c1-5(7)3-4-6(8)9-2/h3-4H2,1-2H3. The number of thioether (sulfide) groups is 1. The van der Waals surface area contributed by atoms with Crippen molar-refractivity contribution in [2.24, 2.45) is 0 Å². The molecule has 3 heteroatoms. The van der Waals surface area contributed by atoms with Crippen molar-refractivity contribution in [2.75, 3.05) is 6.26 Å². The summed E-state index contributed by atoms with van der Waals surface area (Å²) >= 11 is 1.18. The highest BCUT2D eigenvalue weighted by Crippen LogP contribution is 2.02. The number of hydrogen-bond acceptors (Lipinski definition) is 3. The van der Waals surface area contributed by atoms with E-state index in [2.05, 4.69) is 0 Å². The summed E-state index contributed by atoms with van der Waals surface area (Å²) in [7, 11) is 0. The second kappa shape index (κ2) is 4.56. The van der Waals surface area contributed by atoms with Crippen molar-refractivity contribution in [3.8, 4) is 0 Å². The molecule has 0 radical (unpaired) electrons. The monoisotopic (exact) mass is 146 g/mol. The summed E-state index contributed by atoms with van der Waals surface area (Å²) in [4.78, 5) is 20.8. The third-order valence-corrected chi connectivity index (χ3v) is 1.57. The van der Waals surface area contributed by atoms with Crippen molar-refractivity contribution in [2.45, 2.75) is 19.8 Å². The number of rotatable bonds is 3. The maximum Gasteiger partial charge on any atom is 0.189 e.